The van der Waals surface area contributed by atoms with Gasteiger partial charge < -0.3 is 4.74 Å². The number of para-hydroxylation sites is 1. The first-order valence-electron chi connectivity index (χ1n) is 6.94. The fourth-order valence-electron chi connectivity index (χ4n) is 1.86. The van der Waals surface area contributed by atoms with Crippen LogP contribution >= 0.6 is 27.3 Å². The third-order valence-corrected chi connectivity index (χ3v) is 4.40. The van der Waals surface area contributed by atoms with Crippen molar-refractivity contribution >= 4 is 38.6 Å². The lowest BCUT2D eigenvalue weighted by Crippen LogP contribution is -1.91. The number of ether oxygens (including phenoxy) is 1. The summed E-state index contributed by atoms with van der Waals surface area (Å²) in [6.07, 6.45) is 1.74. The number of thiazole rings is 1. The number of anilines is 1. The molecule has 2 aromatic carbocycles. The lowest BCUT2D eigenvalue weighted by atomic mass is 10.2. The van der Waals surface area contributed by atoms with E-state index < -0.39 is 0 Å². The van der Waals surface area contributed by atoms with Crippen molar-refractivity contribution in [2.75, 3.05) is 5.43 Å². The molecule has 0 amide bonds. The average molecular weight is 388 g/mol. The highest BCUT2D eigenvalue weighted by Gasteiger charge is 2.03. The van der Waals surface area contributed by atoms with Gasteiger partial charge in [0.1, 0.15) is 11.5 Å². The summed E-state index contributed by atoms with van der Waals surface area (Å²) in [4.78, 5) is 4.28. The summed E-state index contributed by atoms with van der Waals surface area (Å²) in [5.41, 5.74) is 4.86. The zero-order chi connectivity index (χ0) is 16.1. The van der Waals surface area contributed by atoms with Crippen LogP contribution in [0.4, 0.5) is 5.13 Å². The number of aryl methyl sites for hydroxylation is 1. The van der Waals surface area contributed by atoms with Crippen molar-refractivity contribution in [3.8, 4) is 11.5 Å². The van der Waals surface area contributed by atoms with Gasteiger partial charge in [0, 0.05) is 5.38 Å². The van der Waals surface area contributed by atoms with Crippen molar-refractivity contribution in [3.63, 3.8) is 0 Å². The van der Waals surface area contributed by atoms with Crippen molar-refractivity contribution in [1.29, 1.82) is 0 Å². The molecule has 23 heavy (non-hydrogen) atoms. The summed E-state index contributed by atoms with van der Waals surface area (Å²) < 4.78 is 6.70. The SMILES string of the molecule is Cc1csc(NN=Cc2ccc(Oc3ccccc3)c(Br)c2)n1. The van der Waals surface area contributed by atoms with Crippen LogP contribution in [0.15, 0.2) is 63.5 Å². The highest BCUT2D eigenvalue weighted by molar-refractivity contribution is 9.10. The first kappa shape index (κ1) is 15.7. The Bertz CT molecular complexity index is 818. The van der Waals surface area contributed by atoms with E-state index in [-0.39, 0.29) is 0 Å². The second-order valence-electron chi connectivity index (χ2n) is 4.77. The summed E-state index contributed by atoms with van der Waals surface area (Å²) in [6.45, 7) is 1.95. The Morgan fingerprint density at radius 2 is 2.04 bits per heavy atom. The van der Waals surface area contributed by atoms with Crippen LogP contribution in [0.5, 0.6) is 11.5 Å². The van der Waals surface area contributed by atoms with Gasteiger partial charge in [-0.2, -0.15) is 5.10 Å². The predicted molar refractivity (Wildman–Crippen MR) is 98.7 cm³/mol. The number of nitrogens with zero attached hydrogens (tertiary/aromatic N) is 2. The van der Waals surface area contributed by atoms with Crippen molar-refractivity contribution in [2.45, 2.75) is 6.92 Å². The zero-order valence-corrected chi connectivity index (χ0v) is 14.8. The molecule has 3 rings (SSSR count). The van der Waals surface area contributed by atoms with Gasteiger partial charge in [0.25, 0.3) is 0 Å². The second-order valence-corrected chi connectivity index (χ2v) is 6.48. The number of halogens is 1. The molecule has 116 valence electrons. The molecule has 3 aromatic rings. The molecule has 0 radical (unpaired) electrons. The molecule has 4 nitrogen and oxygen atoms in total. The normalized spacial score (nSPS) is 10.9. The van der Waals surface area contributed by atoms with Gasteiger partial charge in [-0.3, -0.25) is 5.43 Å². The van der Waals surface area contributed by atoms with Gasteiger partial charge in [-0.1, -0.05) is 18.2 Å². The van der Waals surface area contributed by atoms with E-state index in [1.54, 1.807) is 6.21 Å². The van der Waals surface area contributed by atoms with Gasteiger partial charge >= 0.3 is 0 Å². The summed E-state index contributed by atoms with van der Waals surface area (Å²) >= 11 is 5.05. The predicted octanol–water partition coefficient (Wildman–Crippen LogP) is 5.45. The monoisotopic (exact) mass is 387 g/mol. The fraction of sp³-hybridized carbons (Fsp3) is 0.0588. The molecule has 0 aliphatic rings. The Labute approximate surface area is 147 Å². The largest absolute Gasteiger partial charge is 0.456 e. The summed E-state index contributed by atoms with van der Waals surface area (Å²) in [5, 5.41) is 6.95. The summed E-state index contributed by atoms with van der Waals surface area (Å²) in [7, 11) is 0. The Hall–Kier alpha value is -2.18. The number of hydrogen-bond acceptors (Lipinski definition) is 5. The van der Waals surface area contributed by atoms with Gasteiger partial charge in [0.05, 0.1) is 16.4 Å². The number of hydrazone groups is 1. The zero-order valence-electron chi connectivity index (χ0n) is 12.4. The molecule has 0 saturated heterocycles. The van der Waals surface area contributed by atoms with Crippen LogP contribution in [0.1, 0.15) is 11.3 Å². The van der Waals surface area contributed by atoms with Gasteiger partial charge in [0.15, 0.2) is 0 Å². The van der Waals surface area contributed by atoms with E-state index in [2.05, 4.69) is 31.4 Å². The molecule has 0 aliphatic heterocycles. The van der Waals surface area contributed by atoms with E-state index in [0.717, 1.165) is 32.4 Å². The lowest BCUT2D eigenvalue weighted by Gasteiger charge is -2.08. The van der Waals surface area contributed by atoms with Crippen LogP contribution in [0, 0.1) is 6.92 Å². The van der Waals surface area contributed by atoms with E-state index in [9.17, 15) is 0 Å². The Morgan fingerprint density at radius 1 is 1.22 bits per heavy atom. The molecule has 1 aromatic heterocycles. The molecule has 1 heterocycles. The number of nitrogens with one attached hydrogen (secondary N) is 1. The molecule has 0 aliphatic carbocycles. The van der Waals surface area contributed by atoms with E-state index in [1.165, 1.54) is 11.3 Å². The first-order chi connectivity index (χ1) is 11.2. The van der Waals surface area contributed by atoms with Crippen molar-refractivity contribution in [3.05, 3.63) is 69.6 Å². The minimum absolute atomic E-state index is 0.761. The van der Waals surface area contributed by atoms with Crippen LogP contribution in [0.3, 0.4) is 0 Å². The van der Waals surface area contributed by atoms with Gasteiger partial charge in [-0.05, 0) is 58.7 Å². The molecule has 0 unspecified atom stereocenters. The second kappa shape index (κ2) is 7.39. The number of aromatic nitrogens is 1. The van der Waals surface area contributed by atoms with Crippen molar-refractivity contribution in [2.24, 2.45) is 5.10 Å². The molecular weight excluding hydrogens is 374 g/mol. The molecule has 0 spiro atoms. The molecule has 1 N–H and O–H groups in total. The minimum atomic E-state index is 0.761. The minimum Gasteiger partial charge on any atom is -0.456 e. The quantitative estimate of drug-likeness (QED) is 0.467. The van der Waals surface area contributed by atoms with Crippen LogP contribution in [0.2, 0.25) is 0 Å². The maximum Gasteiger partial charge on any atom is 0.203 e. The summed E-state index contributed by atoms with van der Waals surface area (Å²) in [6, 6.07) is 15.5. The van der Waals surface area contributed by atoms with Crippen LogP contribution in [-0.2, 0) is 0 Å². The lowest BCUT2D eigenvalue weighted by molar-refractivity contribution is 0.479. The number of rotatable bonds is 5. The van der Waals surface area contributed by atoms with E-state index in [4.69, 9.17) is 4.74 Å². The third-order valence-electron chi connectivity index (χ3n) is 2.92. The van der Waals surface area contributed by atoms with Crippen molar-refractivity contribution in [1.82, 2.24) is 4.98 Å². The number of hydrogen-bond donors (Lipinski definition) is 1. The van der Waals surface area contributed by atoms with Crippen LogP contribution in [0.25, 0.3) is 0 Å². The van der Waals surface area contributed by atoms with Crippen molar-refractivity contribution < 1.29 is 4.74 Å². The molecule has 0 fully saturated rings. The summed E-state index contributed by atoms with van der Waals surface area (Å²) in [5.74, 6) is 1.56. The molecule has 0 saturated carbocycles. The standard InChI is InChI=1S/C17H14BrN3OS/c1-12-11-23-17(20-12)21-19-10-13-7-8-16(15(18)9-13)22-14-5-3-2-4-6-14/h2-11H,1H3,(H,20,21). The van der Waals surface area contributed by atoms with E-state index in [1.807, 2.05) is 60.8 Å². The highest BCUT2D eigenvalue weighted by Crippen LogP contribution is 2.30. The third kappa shape index (κ3) is 4.40. The molecular formula is C17H14BrN3OS. The highest BCUT2D eigenvalue weighted by atomic mass is 79.9. The average Bonchev–Trinajstić information content (AvgIpc) is 2.96. The Kier molecular flexibility index (Phi) is 5.05. The van der Waals surface area contributed by atoms with Gasteiger partial charge in [-0.25, -0.2) is 4.98 Å². The van der Waals surface area contributed by atoms with E-state index >= 15 is 0 Å². The number of benzene rings is 2. The maximum atomic E-state index is 5.83. The smallest absolute Gasteiger partial charge is 0.203 e. The fourth-order valence-corrected chi connectivity index (χ4v) is 2.98. The van der Waals surface area contributed by atoms with Crippen LogP contribution in [-0.4, -0.2) is 11.2 Å². The van der Waals surface area contributed by atoms with Crippen LogP contribution < -0.4 is 10.2 Å². The Balaban J connectivity index is 1.66. The van der Waals surface area contributed by atoms with Gasteiger partial charge in [0.2, 0.25) is 5.13 Å². The molecule has 6 heteroatoms. The molecule has 0 bridgehead atoms. The van der Waals surface area contributed by atoms with Gasteiger partial charge in [-0.15, -0.1) is 11.3 Å². The first-order valence-corrected chi connectivity index (χ1v) is 8.61. The topological polar surface area (TPSA) is 46.5 Å². The molecule has 0 atom stereocenters. The maximum absolute atomic E-state index is 5.83. The van der Waals surface area contributed by atoms with E-state index in [0.29, 0.717) is 0 Å². The Morgan fingerprint density at radius 3 is 2.74 bits per heavy atom.